The van der Waals surface area contributed by atoms with Gasteiger partial charge in [-0.1, -0.05) is 23.4 Å². The fourth-order valence-electron chi connectivity index (χ4n) is 2.67. The maximum Gasteiger partial charge on any atom is 0.377 e. The first-order valence-electron chi connectivity index (χ1n) is 8.31. The highest BCUT2D eigenvalue weighted by atomic mass is 32.2. The van der Waals surface area contributed by atoms with Gasteiger partial charge in [-0.15, -0.1) is 0 Å². The predicted octanol–water partition coefficient (Wildman–Crippen LogP) is 0.673. The second kappa shape index (κ2) is 7.89. The molecule has 1 amide bonds. The molecule has 1 saturated heterocycles. The van der Waals surface area contributed by atoms with E-state index in [0.29, 0.717) is 5.69 Å². The van der Waals surface area contributed by atoms with E-state index in [0.717, 1.165) is 0 Å². The zero-order chi connectivity index (χ0) is 19.4. The number of aryl methyl sites for hydroxylation is 1. The summed E-state index contributed by atoms with van der Waals surface area (Å²) in [6, 6.07) is 9.57. The van der Waals surface area contributed by atoms with Crippen LogP contribution in [0.2, 0.25) is 0 Å². The summed E-state index contributed by atoms with van der Waals surface area (Å²) in [5.74, 6) is -1.23. The molecule has 3 rings (SSSR count). The van der Waals surface area contributed by atoms with Gasteiger partial charge in [-0.3, -0.25) is 4.79 Å². The second-order valence-electron chi connectivity index (χ2n) is 6.01. The number of aromatic nitrogens is 1. The van der Waals surface area contributed by atoms with Gasteiger partial charge in [-0.2, -0.15) is 4.31 Å². The molecule has 27 heavy (non-hydrogen) atoms. The lowest BCUT2D eigenvalue weighted by molar-refractivity contribution is -0.135. The van der Waals surface area contributed by atoms with Crippen LogP contribution >= 0.6 is 0 Å². The average Bonchev–Trinajstić information content (AvgIpc) is 3.13. The van der Waals surface area contributed by atoms with E-state index in [-0.39, 0.29) is 36.8 Å². The van der Waals surface area contributed by atoms with Crippen molar-refractivity contribution in [3.63, 3.8) is 0 Å². The number of carbonyl (C=O) groups excluding carboxylic acids is 2. The molecule has 2 heterocycles. The second-order valence-corrected chi connectivity index (χ2v) is 7.94. The molecule has 1 aromatic heterocycles. The summed E-state index contributed by atoms with van der Waals surface area (Å²) in [4.78, 5) is 25.7. The van der Waals surface area contributed by atoms with E-state index in [9.17, 15) is 18.0 Å². The van der Waals surface area contributed by atoms with Gasteiger partial charge in [0.2, 0.25) is 15.8 Å². The van der Waals surface area contributed by atoms with Crippen LogP contribution in [-0.4, -0.2) is 67.4 Å². The van der Waals surface area contributed by atoms with Crippen LogP contribution in [0.5, 0.6) is 0 Å². The number of nitrogens with zero attached hydrogens (tertiary/aromatic N) is 3. The molecule has 144 valence electrons. The fourth-order valence-corrected chi connectivity index (χ4v) is 4.11. The molecule has 1 aliphatic rings. The molecular weight excluding hydrogens is 374 g/mol. The highest BCUT2D eigenvalue weighted by Crippen LogP contribution is 2.17. The van der Waals surface area contributed by atoms with Gasteiger partial charge in [0.15, 0.2) is 6.61 Å². The van der Waals surface area contributed by atoms with E-state index in [4.69, 9.17) is 9.26 Å². The smallest absolute Gasteiger partial charge is 0.377 e. The van der Waals surface area contributed by atoms with Crippen molar-refractivity contribution in [2.75, 3.05) is 32.8 Å². The Kier molecular flexibility index (Phi) is 5.57. The van der Waals surface area contributed by atoms with E-state index in [2.05, 4.69) is 5.16 Å². The number of piperazine rings is 1. The fraction of sp³-hybridized carbons (Fsp3) is 0.353. The SMILES string of the molecule is Cc1cc(C(=O)OCC(=O)N2CCN(S(=O)(=O)c3ccccc3)CC2)on1. The third kappa shape index (κ3) is 4.34. The van der Waals surface area contributed by atoms with Crippen LogP contribution in [-0.2, 0) is 19.6 Å². The number of benzene rings is 1. The van der Waals surface area contributed by atoms with Gasteiger partial charge in [0.05, 0.1) is 10.6 Å². The van der Waals surface area contributed by atoms with Crippen molar-refractivity contribution in [3.05, 3.63) is 47.9 Å². The van der Waals surface area contributed by atoms with E-state index in [1.807, 2.05) is 0 Å². The first-order chi connectivity index (χ1) is 12.9. The maximum absolute atomic E-state index is 12.6. The molecule has 1 aliphatic heterocycles. The highest BCUT2D eigenvalue weighted by Gasteiger charge is 2.30. The van der Waals surface area contributed by atoms with E-state index >= 15 is 0 Å². The van der Waals surface area contributed by atoms with E-state index in [1.54, 1.807) is 25.1 Å². The molecule has 0 atom stereocenters. The van der Waals surface area contributed by atoms with Crippen molar-refractivity contribution in [1.29, 1.82) is 0 Å². The molecular formula is C17H19N3O6S. The Morgan fingerprint density at radius 3 is 2.41 bits per heavy atom. The van der Waals surface area contributed by atoms with Crippen molar-refractivity contribution in [2.24, 2.45) is 0 Å². The standard InChI is InChI=1S/C17H19N3O6S/c1-13-11-15(26-18-13)17(22)25-12-16(21)19-7-9-20(10-8-19)27(23,24)14-5-3-2-4-6-14/h2-6,11H,7-10,12H2,1H3. The molecule has 1 fully saturated rings. The Balaban J connectivity index is 1.51. The van der Waals surface area contributed by atoms with Gasteiger partial charge < -0.3 is 14.2 Å². The van der Waals surface area contributed by atoms with Crippen LogP contribution < -0.4 is 0 Å². The molecule has 0 spiro atoms. The number of ether oxygens (including phenoxy) is 1. The quantitative estimate of drug-likeness (QED) is 0.687. The number of esters is 1. The zero-order valence-electron chi connectivity index (χ0n) is 14.7. The third-order valence-electron chi connectivity index (χ3n) is 4.13. The molecule has 0 aliphatic carbocycles. The Morgan fingerprint density at radius 2 is 1.81 bits per heavy atom. The number of hydrogen-bond acceptors (Lipinski definition) is 7. The molecule has 0 unspecified atom stereocenters. The third-order valence-corrected chi connectivity index (χ3v) is 6.04. The summed E-state index contributed by atoms with van der Waals surface area (Å²) in [6.07, 6.45) is 0. The number of carbonyl (C=O) groups is 2. The summed E-state index contributed by atoms with van der Waals surface area (Å²) in [5, 5.41) is 3.58. The molecule has 0 bridgehead atoms. The topological polar surface area (TPSA) is 110 Å². The minimum atomic E-state index is -3.58. The van der Waals surface area contributed by atoms with Crippen LogP contribution in [0.1, 0.15) is 16.2 Å². The molecule has 2 aromatic rings. The number of sulfonamides is 1. The van der Waals surface area contributed by atoms with E-state index in [1.165, 1.54) is 27.4 Å². The lowest BCUT2D eigenvalue weighted by atomic mass is 10.3. The minimum Gasteiger partial charge on any atom is -0.450 e. The number of hydrogen-bond donors (Lipinski definition) is 0. The van der Waals surface area contributed by atoms with Gasteiger partial charge in [-0.05, 0) is 19.1 Å². The summed E-state index contributed by atoms with van der Waals surface area (Å²) in [7, 11) is -3.58. The first-order valence-corrected chi connectivity index (χ1v) is 9.75. The lowest BCUT2D eigenvalue weighted by Crippen LogP contribution is -2.51. The summed E-state index contributed by atoms with van der Waals surface area (Å²) < 4.78 is 36.2. The van der Waals surface area contributed by atoms with Crippen LogP contribution in [0.3, 0.4) is 0 Å². The Bertz CT molecular complexity index is 917. The molecule has 9 nitrogen and oxygen atoms in total. The maximum atomic E-state index is 12.6. The van der Waals surface area contributed by atoms with Crippen LogP contribution in [0.25, 0.3) is 0 Å². The predicted molar refractivity (Wildman–Crippen MR) is 93.3 cm³/mol. The van der Waals surface area contributed by atoms with Gasteiger partial charge in [0, 0.05) is 32.2 Å². The Labute approximate surface area is 156 Å². The van der Waals surface area contributed by atoms with E-state index < -0.39 is 28.5 Å². The summed E-state index contributed by atoms with van der Waals surface area (Å²) in [6.45, 7) is 2.03. The van der Waals surface area contributed by atoms with Gasteiger partial charge in [0.25, 0.3) is 5.91 Å². The van der Waals surface area contributed by atoms with Crippen LogP contribution in [0, 0.1) is 6.92 Å². The van der Waals surface area contributed by atoms with Crippen molar-refractivity contribution in [1.82, 2.24) is 14.4 Å². The molecule has 0 radical (unpaired) electrons. The van der Waals surface area contributed by atoms with Crippen molar-refractivity contribution in [3.8, 4) is 0 Å². The van der Waals surface area contributed by atoms with Crippen LogP contribution in [0.15, 0.2) is 45.8 Å². The van der Waals surface area contributed by atoms with Gasteiger partial charge >= 0.3 is 5.97 Å². The Hall–Kier alpha value is -2.72. The van der Waals surface area contributed by atoms with Crippen LogP contribution in [0.4, 0.5) is 0 Å². The summed E-state index contributed by atoms with van der Waals surface area (Å²) >= 11 is 0. The first kappa shape index (κ1) is 19.1. The Morgan fingerprint density at radius 1 is 1.15 bits per heavy atom. The number of rotatable bonds is 5. The molecule has 10 heteroatoms. The average molecular weight is 393 g/mol. The monoisotopic (exact) mass is 393 g/mol. The summed E-state index contributed by atoms with van der Waals surface area (Å²) in [5.41, 5.74) is 0.532. The number of amides is 1. The van der Waals surface area contributed by atoms with Gasteiger partial charge in [-0.25, -0.2) is 13.2 Å². The van der Waals surface area contributed by atoms with Crippen molar-refractivity contribution in [2.45, 2.75) is 11.8 Å². The van der Waals surface area contributed by atoms with Crippen molar-refractivity contribution < 1.29 is 27.3 Å². The van der Waals surface area contributed by atoms with Crippen molar-refractivity contribution >= 4 is 21.9 Å². The highest BCUT2D eigenvalue weighted by molar-refractivity contribution is 7.89. The largest absolute Gasteiger partial charge is 0.450 e. The van der Waals surface area contributed by atoms with Gasteiger partial charge in [0.1, 0.15) is 0 Å². The normalized spacial score (nSPS) is 15.5. The molecule has 0 saturated carbocycles. The lowest BCUT2D eigenvalue weighted by Gasteiger charge is -2.33. The zero-order valence-corrected chi connectivity index (χ0v) is 15.5. The molecule has 0 N–H and O–H groups in total. The molecule has 1 aromatic carbocycles. The minimum absolute atomic E-state index is 0.0703.